The quantitative estimate of drug-likeness (QED) is 0.832. The highest BCUT2D eigenvalue weighted by molar-refractivity contribution is 4.91. The van der Waals surface area contributed by atoms with E-state index in [4.69, 9.17) is 5.73 Å². The maximum Gasteiger partial charge on any atom is 0.138 e. The summed E-state index contributed by atoms with van der Waals surface area (Å²) in [6, 6.07) is 0.552. The summed E-state index contributed by atoms with van der Waals surface area (Å²) in [6.07, 6.45) is 2.54. The Labute approximate surface area is 98.2 Å². The van der Waals surface area contributed by atoms with Gasteiger partial charge in [0.25, 0.3) is 0 Å². The molecule has 1 aromatic rings. The maximum absolute atomic E-state index is 6.02. The number of nitrogens with zero attached hydrogens (tertiary/aromatic N) is 3. The topological polar surface area (TPSA) is 56.7 Å². The van der Waals surface area contributed by atoms with E-state index < -0.39 is 0 Å². The molecule has 0 amide bonds. The van der Waals surface area contributed by atoms with Crippen molar-refractivity contribution in [3.63, 3.8) is 0 Å². The van der Waals surface area contributed by atoms with E-state index in [1.807, 2.05) is 4.68 Å². The lowest BCUT2D eigenvalue weighted by atomic mass is 9.86. The van der Waals surface area contributed by atoms with Crippen molar-refractivity contribution in [2.45, 2.75) is 53.1 Å². The number of rotatable bonds is 5. The van der Waals surface area contributed by atoms with Crippen molar-refractivity contribution in [3.05, 3.63) is 12.2 Å². The minimum absolute atomic E-state index is 0.192. The molecule has 2 N–H and O–H groups in total. The van der Waals surface area contributed by atoms with Gasteiger partial charge in [-0.05, 0) is 32.6 Å². The van der Waals surface area contributed by atoms with Crippen LogP contribution in [0.3, 0.4) is 0 Å². The third kappa shape index (κ3) is 3.04. The Morgan fingerprint density at radius 1 is 1.25 bits per heavy atom. The number of hydrogen-bond donors (Lipinski definition) is 1. The van der Waals surface area contributed by atoms with Gasteiger partial charge < -0.3 is 5.73 Å². The molecule has 0 saturated carbocycles. The molecule has 0 radical (unpaired) electrons. The van der Waals surface area contributed by atoms with Crippen molar-refractivity contribution in [1.29, 1.82) is 0 Å². The molecule has 4 nitrogen and oxygen atoms in total. The van der Waals surface area contributed by atoms with Crippen molar-refractivity contribution < 1.29 is 0 Å². The molecule has 0 aliphatic carbocycles. The first kappa shape index (κ1) is 13.2. The molecule has 0 aliphatic heterocycles. The predicted molar refractivity (Wildman–Crippen MR) is 66.1 cm³/mol. The third-order valence-corrected chi connectivity index (χ3v) is 3.09. The summed E-state index contributed by atoms with van der Waals surface area (Å²) < 4.78 is 1.98. The van der Waals surface area contributed by atoms with E-state index in [0.717, 1.165) is 12.2 Å². The Hall–Kier alpha value is -0.900. The van der Waals surface area contributed by atoms with Gasteiger partial charge in [-0.25, -0.2) is 9.67 Å². The Morgan fingerprint density at radius 2 is 1.88 bits per heavy atom. The molecule has 0 aliphatic rings. The highest BCUT2D eigenvalue weighted by Crippen LogP contribution is 2.20. The summed E-state index contributed by atoms with van der Waals surface area (Å²) in [5.41, 5.74) is 6.02. The van der Waals surface area contributed by atoms with E-state index in [1.54, 1.807) is 6.33 Å². The highest BCUT2D eigenvalue weighted by atomic mass is 15.3. The predicted octanol–water partition coefficient (Wildman–Crippen LogP) is 2.02. The van der Waals surface area contributed by atoms with Gasteiger partial charge in [-0.2, -0.15) is 5.10 Å². The summed E-state index contributed by atoms with van der Waals surface area (Å²) in [5.74, 6) is 2.07. The standard InChI is InChI=1S/C12H24N4/c1-8(2)11(10(5)13)6-12-14-7-15-16(12)9(3)4/h7-11H,6,13H2,1-5H3. The van der Waals surface area contributed by atoms with Crippen molar-refractivity contribution in [3.8, 4) is 0 Å². The average molecular weight is 224 g/mol. The minimum Gasteiger partial charge on any atom is -0.328 e. The second-order valence-electron chi connectivity index (χ2n) is 5.19. The molecule has 1 heterocycles. The van der Waals surface area contributed by atoms with E-state index in [1.165, 1.54) is 0 Å². The average Bonchev–Trinajstić information content (AvgIpc) is 2.60. The van der Waals surface area contributed by atoms with Crippen LogP contribution in [0.4, 0.5) is 0 Å². The lowest BCUT2D eigenvalue weighted by molar-refractivity contribution is 0.316. The summed E-state index contributed by atoms with van der Waals surface area (Å²) >= 11 is 0. The molecule has 4 heteroatoms. The van der Waals surface area contributed by atoms with Crippen molar-refractivity contribution in [2.24, 2.45) is 17.6 Å². The number of hydrogen-bond acceptors (Lipinski definition) is 3. The molecule has 0 fully saturated rings. The lowest BCUT2D eigenvalue weighted by Gasteiger charge is -2.24. The van der Waals surface area contributed by atoms with Gasteiger partial charge >= 0.3 is 0 Å². The van der Waals surface area contributed by atoms with Crippen molar-refractivity contribution >= 4 is 0 Å². The molecular weight excluding hydrogens is 200 g/mol. The van der Waals surface area contributed by atoms with Crippen LogP contribution in [-0.2, 0) is 6.42 Å². The molecule has 92 valence electrons. The summed E-state index contributed by atoms with van der Waals surface area (Å²) in [5, 5.41) is 4.25. The van der Waals surface area contributed by atoms with Gasteiger partial charge in [0.05, 0.1) is 0 Å². The third-order valence-electron chi connectivity index (χ3n) is 3.09. The van der Waals surface area contributed by atoms with Gasteiger partial charge in [0, 0.05) is 18.5 Å². The Bertz CT molecular complexity index is 307. The van der Waals surface area contributed by atoms with Gasteiger partial charge in [-0.15, -0.1) is 0 Å². The molecule has 2 atom stereocenters. The van der Waals surface area contributed by atoms with Crippen LogP contribution in [0.2, 0.25) is 0 Å². The first-order chi connectivity index (χ1) is 7.43. The van der Waals surface area contributed by atoms with Crippen LogP contribution < -0.4 is 5.73 Å². The van der Waals surface area contributed by atoms with Gasteiger partial charge in [0.15, 0.2) is 0 Å². The maximum atomic E-state index is 6.02. The molecule has 0 aromatic carbocycles. The van der Waals surface area contributed by atoms with E-state index in [0.29, 0.717) is 17.9 Å². The van der Waals surface area contributed by atoms with Gasteiger partial charge in [-0.3, -0.25) is 0 Å². The van der Waals surface area contributed by atoms with Crippen LogP contribution in [0.15, 0.2) is 6.33 Å². The number of aromatic nitrogens is 3. The Morgan fingerprint density at radius 3 is 2.31 bits per heavy atom. The van der Waals surface area contributed by atoms with Crippen LogP contribution in [0.25, 0.3) is 0 Å². The zero-order chi connectivity index (χ0) is 12.3. The van der Waals surface area contributed by atoms with Crippen LogP contribution in [0, 0.1) is 11.8 Å². The molecule has 0 bridgehead atoms. The van der Waals surface area contributed by atoms with Crippen molar-refractivity contribution in [1.82, 2.24) is 14.8 Å². The second kappa shape index (κ2) is 5.43. The number of nitrogens with two attached hydrogens (primary N) is 1. The fraction of sp³-hybridized carbons (Fsp3) is 0.833. The van der Waals surface area contributed by atoms with Crippen LogP contribution >= 0.6 is 0 Å². The van der Waals surface area contributed by atoms with E-state index in [-0.39, 0.29) is 6.04 Å². The molecule has 1 aromatic heterocycles. The van der Waals surface area contributed by atoms with E-state index >= 15 is 0 Å². The van der Waals surface area contributed by atoms with E-state index in [2.05, 4.69) is 44.7 Å². The Kier molecular flexibility index (Phi) is 4.47. The lowest BCUT2D eigenvalue weighted by Crippen LogP contribution is -2.33. The summed E-state index contributed by atoms with van der Waals surface area (Å²) in [7, 11) is 0. The molecule has 16 heavy (non-hydrogen) atoms. The molecule has 0 saturated heterocycles. The SMILES string of the molecule is CC(C)C(Cc1ncnn1C(C)C)C(C)N. The van der Waals surface area contributed by atoms with Gasteiger partial charge in [0.2, 0.25) is 0 Å². The van der Waals surface area contributed by atoms with Crippen LogP contribution in [-0.4, -0.2) is 20.8 Å². The van der Waals surface area contributed by atoms with Crippen molar-refractivity contribution in [2.75, 3.05) is 0 Å². The second-order valence-corrected chi connectivity index (χ2v) is 5.19. The smallest absolute Gasteiger partial charge is 0.138 e. The monoisotopic (exact) mass is 224 g/mol. The highest BCUT2D eigenvalue weighted by Gasteiger charge is 2.21. The molecule has 0 spiro atoms. The van der Waals surface area contributed by atoms with Crippen LogP contribution in [0.1, 0.15) is 46.5 Å². The molecular formula is C12H24N4. The van der Waals surface area contributed by atoms with Gasteiger partial charge in [0.1, 0.15) is 12.2 Å². The fourth-order valence-corrected chi connectivity index (χ4v) is 2.09. The fourth-order valence-electron chi connectivity index (χ4n) is 2.09. The van der Waals surface area contributed by atoms with Gasteiger partial charge in [-0.1, -0.05) is 13.8 Å². The minimum atomic E-state index is 0.192. The largest absolute Gasteiger partial charge is 0.328 e. The summed E-state index contributed by atoms with van der Waals surface area (Å²) in [6.45, 7) is 10.7. The normalized spacial score (nSPS) is 15.8. The Balaban J connectivity index is 2.81. The first-order valence-electron chi connectivity index (χ1n) is 6.07. The zero-order valence-corrected chi connectivity index (χ0v) is 11.0. The van der Waals surface area contributed by atoms with E-state index in [9.17, 15) is 0 Å². The molecule has 1 rings (SSSR count). The summed E-state index contributed by atoms with van der Waals surface area (Å²) in [4.78, 5) is 4.34. The first-order valence-corrected chi connectivity index (χ1v) is 6.07. The van der Waals surface area contributed by atoms with Crippen LogP contribution in [0.5, 0.6) is 0 Å². The molecule has 2 unspecified atom stereocenters. The zero-order valence-electron chi connectivity index (χ0n) is 11.0.